The highest BCUT2D eigenvalue weighted by Crippen LogP contribution is 2.20. The first kappa shape index (κ1) is 16.1. The van der Waals surface area contributed by atoms with Crippen LogP contribution in [0, 0.1) is 0 Å². The fraction of sp³-hybridized carbons (Fsp3) is 0.600. The van der Waals surface area contributed by atoms with Gasteiger partial charge in [0.15, 0.2) is 0 Å². The van der Waals surface area contributed by atoms with E-state index in [1.54, 1.807) is 28.6 Å². The van der Waals surface area contributed by atoms with Crippen LogP contribution in [0.25, 0.3) is 0 Å². The Bertz CT molecular complexity index is 543. The molecule has 118 valence electrons. The van der Waals surface area contributed by atoms with Gasteiger partial charge >= 0.3 is 0 Å². The van der Waals surface area contributed by atoms with Gasteiger partial charge in [0, 0.05) is 18.3 Å². The van der Waals surface area contributed by atoms with Crippen LogP contribution in [0.5, 0.6) is 5.75 Å². The quantitative estimate of drug-likeness (QED) is 0.846. The molecule has 0 bridgehead atoms. The zero-order valence-corrected chi connectivity index (χ0v) is 13.3. The van der Waals surface area contributed by atoms with Crippen LogP contribution >= 0.6 is 0 Å². The molecule has 0 aromatic heterocycles. The summed E-state index contributed by atoms with van der Waals surface area (Å²) in [6.07, 6.45) is 4.11. The van der Waals surface area contributed by atoms with Gasteiger partial charge in [-0.25, -0.2) is 8.42 Å². The van der Waals surface area contributed by atoms with Crippen molar-refractivity contribution in [1.29, 1.82) is 0 Å². The number of benzene rings is 1. The highest BCUT2D eigenvalue weighted by Gasteiger charge is 2.28. The Kier molecular flexibility index (Phi) is 5.47. The van der Waals surface area contributed by atoms with Crippen molar-refractivity contribution in [3.63, 3.8) is 0 Å². The van der Waals surface area contributed by atoms with E-state index in [4.69, 9.17) is 10.5 Å². The zero-order valence-electron chi connectivity index (χ0n) is 12.5. The summed E-state index contributed by atoms with van der Waals surface area (Å²) in [6.45, 7) is 2.78. The summed E-state index contributed by atoms with van der Waals surface area (Å²) >= 11 is 0. The average Bonchev–Trinajstić information content (AvgIpc) is 2.66. The summed E-state index contributed by atoms with van der Waals surface area (Å²) in [5.74, 6) is 0.658. The lowest BCUT2D eigenvalue weighted by molar-refractivity contribution is 0.318. The summed E-state index contributed by atoms with van der Waals surface area (Å²) in [5, 5.41) is 0. The number of hydrogen-bond acceptors (Lipinski definition) is 4. The number of nitrogen functional groups attached to an aromatic ring is 1. The first-order valence-electron chi connectivity index (χ1n) is 7.47. The molecule has 1 aromatic carbocycles. The average molecular weight is 312 g/mol. The second-order valence-electron chi connectivity index (χ2n) is 5.54. The van der Waals surface area contributed by atoms with Crippen LogP contribution < -0.4 is 10.5 Å². The van der Waals surface area contributed by atoms with Crippen molar-refractivity contribution in [2.75, 3.05) is 24.6 Å². The number of sulfonamides is 1. The van der Waals surface area contributed by atoms with Crippen molar-refractivity contribution in [2.24, 2.45) is 0 Å². The molecule has 1 aromatic rings. The van der Waals surface area contributed by atoms with Gasteiger partial charge in [0.05, 0.1) is 5.75 Å². The van der Waals surface area contributed by atoms with Crippen molar-refractivity contribution >= 4 is 15.7 Å². The Hall–Kier alpha value is -1.27. The summed E-state index contributed by atoms with van der Waals surface area (Å²) < 4.78 is 32.0. The molecule has 21 heavy (non-hydrogen) atoms. The Morgan fingerprint density at radius 1 is 1.24 bits per heavy atom. The molecule has 0 radical (unpaired) electrons. The van der Waals surface area contributed by atoms with Crippen LogP contribution in [0.4, 0.5) is 5.69 Å². The minimum absolute atomic E-state index is 0.0156. The third kappa shape index (κ3) is 4.61. The maximum atomic E-state index is 12.4. The van der Waals surface area contributed by atoms with Crippen molar-refractivity contribution < 1.29 is 13.2 Å². The third-order valence-corrected chi connectivity index (χ3v) is 5.78. The van der Waals surface area contributed by atoms with Crippen LogP contribution in [-0.2, 0) is 10.0 Å². The molecule has 0 saturated carbocycles. The van der Waals surface area contributed by atoms with E-state index in [1.165, 1.54) is 0 Å². The van der Waals surface area contributed by atoms with Crippen LogP contribution in [0.1, 0.15) is 32.6 Å². The first-order valence-corrected chi connectivity index (χ1v) is 9.08. The van der Waals surface area contributed by atoms with E-state index in [0.29, 0.717) is 18.0 Å². The van der Waals surface area contributed by atoms with E-state index in [2.05, 4.69) is 0 Å². The fourth-order valence-corrected chi connectivity index (χ4v) is 4.20. The molecule has 1 fully saturated rings. The highest BCUT2D eigenvalue weighted by molar-refractivity contribution is 7.89. The van der Waals surface area contributed by atoms with E-state index in [1.807, 2.05) is 6.92 Å². The van der Waals surface area contributed by atoms with Gasteiger partial charge in [0.25, 0.3) is 0 Å². The van der Waals surface area contributed by atoms with Crippen LogP contribution in [-0.4, -0.2) is 37.7 Å². The number of hydrogen-bond donors (Lipinski definition) is 1. The van der Waals surface area contributed by atoms with Crippen LogP contribution in [0.15, 0.2) is 24.3 Å². The molecule has 1 aliphatic heterocycles. The number of ether oxygens (including phenoxy) is 1. The molecular weight excluding hydrogens is 288 g/mol. The lowest BCUT2D eigenvalue weighted by Crippen LogP contribution is -2.40. The summed E-state index contributed by atoms with van der Waals surface area (Å²) in [4.78, 5) is 0. The molecular formula is C15H24N2O3S. The summed E-state index contributed by atoms with van der Waals surface area (Å²) in [6, 6.07) is 7.06. The van der Waals surface area contributed by atoms with E-state index in [9.17, 15) is 8.42 Å². The predicted octanol–water partition coefficient (Wildman–Crippen LogP) is 2.24. The zero-order chi connectivity index (χ0) is 15.3. The molecule has 6 heteroatoms. The third-order valence-electron chi connectivity index (χ3n) is 3.84. The molecule has 5 nitrogen and oxygen atoms in total. The SMILES string of the molecule is CC1CCCCCN1S(=O)(=O)CCOc1ccc(N)cc1. The molecule has 0 aliphatic carbocycles. The van der Waals surface area contributed by atoms with Crippen LogP contribution in [0.2, 0.25) is 0 Å². The van der Waals surface area contributed by atoms with E-state index in [-0.39, 0.29) is 18.4 Å². The molecule has 1 heterocycles. The van der Waals surface area contributed by atoms with Crippen molar-refractivity contribution in [3.8, 4) is 5.75 Å². The topological polar surface area (TPSA) is 72.6 Å². The number of rotatable bonds is 5. The number of anilines is 1. The molecule has 2 N–H and O–H groups in total. The van der Waals surface area contributed by atoms with Crippen LogP contribution in [0.3, 0.4) is 0 Å². The second kappa shape index (κ2) is 7.13. The first-order chi connectivity index (χ1) is 9.99. The minimum atomic E-state index is -3.25. The maximum Gasteiger partial charge on any atom is 0.217 e. The number of nitrogens with zero attached hydrogens (tertiary/aromatic N) is 1. The van der Waals surface area contributed by atoms with Gasteiger partial charge in [-0.2, -0.15) is 4.31 Å². The Balaban J connectivity index is 1.89. The lowest BCUT2D eigenvalue weighted by atomic mass is 10.1. The van der Waals surface area contributed by atoms with Crippen molar-refractivity contribution in [3.05, 3.63) is 24.3 Å². The van der Waals surface area contributed by atoms with Gasteiger partial charge in [-0.15, -0.1) is 0 Å². The Morgan fingerprint density at radius 3 is 2.67 bits per heavy atom. The summed E-state index contributed by atoms with van der Waals surface area (Å²) in [7, 11) is -3.25. The predicted molar refractivity (Wildman–Crippen MR) is 84.8 cm³/mol. The molecule has 2 rings (SSSR count). The Labute approximate surface area is 127 Å². The fourth-order valence-electron chi connectivity index (χ4n) is 2.61. The second-order valence-corrected chi connectivity index (χ2v) is 7.58. The Morgan fingerprint density at radius 2 is 1.95 bits per heavy atom. The normalized spacial score (nSPS) is 20.9. The van der Waals surface area contributed by atoms with E-state index in [0.717, 1.165) is 25.7 Å². The molecule has 1 aliphatic rings. The molecule has 0 amide bonds. The van der Waals surface area contributed by atoms with Gasteiger partial charge in [-0.05, 0) is 44.0 Å². The highest BCUT2D eigenvalue weighted by atomic mass is 32.2. The van der Waals surface area contributed by atoms with Crippen molar-refractivity contribution in [2.45, 2.75) is 38.6 Å². The van der Waals surface area contributed by atoms with E-state index < -0.39 is 10.0 Å². The molecule has 0 spiro atoms. The van der Waals surface area contributed by atoms with Gasteiger partial charge in [0.1, 0.15) is 12.4 Å². The van der Waals surface area contributed by atoms with E-state index >= 15 is 0 Å². The monoisotopic (exact) mass is 312 g/mol. The maximum absolute atomic E-state index is 12.4. The molecule has 1 atom stereocenters. The van der Waals surface area contributed by atoms with Crippen molar-refractivity contribution in [1.82, 2.24) is 4.31 Å². The largest absolute Gasteiger partial charge is 0.492 e. The number of nitrogens with two attached hydrogens (primary N) is 1. The van der Waals surface area contributed by atoms with Gasteiger partial charge in [-0.1, -0.05) is 12.8 Å². The van der Waals surface area contributed by atoms with Gasteiger partial charge in [0.2, 0.25) is 10.0 Å². The summed E-state index contributed by atoms with van der Waals surface area (Å²) in [5.41, 5.74) is 6.25. The standard InChI is InChI=1S/C15H24N2O3S/c1-13-5-3-2-4-10-17(13)21(18,19)12-11-20-15-8-6-14(16)7-9-15/h6-9,13H,2-5,10-12,16H2,1H3. The lowest BCUT2D eigenvalue weighted by Gasteiger charge is -2.26. The van der Waals surface area contributed by atoms with Gasteiger partial charge < -0.3 is 10.5 Å². The smallest absolute Gasteiger partial charge is 0.217 e. The minimum Gasteiger partial charge on any atom is -0.492 e. The van der Waals surface area contributed by atoms with Gasteiger partial charge in [-0.3, -0.25) is 0 Å². The molecule has 1 saturated heterocycles. The molecule has 1 unspecified atom stereocenters.